The minimum absolute atomic E-state index is 0.0234. The van der Waals surface area contributed by atoms with Crippen molar-refractivity contribution in [1.29, 1.82) is 0 Å². The molecule has 0 bridgehead atoms. The van der Waals surface area contributed by atoms with Crippen LogP contribution in [0.4, 0.5) is 0 Å². The molecule has 2 atom stereocenters. The number of aromatic nitrogens is 1. The van der Waals surface area contributed by atoms with Crippen LogP contribution in [0.1, 0.15) is 32.7 Å². The van der Waals surface area contributed by atoms with E-state index in [-0.39, 0.29) is 30.4 Å². The van der Waals surface area contributed by atoms with Gasteiger partial charge in [-0.05, 0) is 37.6 Å². The van der Waals surface area contributed by atoms with Crippen LogP contribution in [0.25, 0.3) is 0 Å². The first-order valence-corrected chi connectivity index (χ1v) is 8.76. The van der Waals surface area contributed by atoms with Gasteiger partial charge >= 0.3 is 0 Å². The van der Waals surface area contributed by atoms with Gasteiger partial charge in [0, 0.05) is 43.6 Å². The fraction of sp³-hybridized carbons (Fsp3) is 0.350. The summed E-state index contributed by atoms with van der Waals surface area (Å²) in [6.07, 6.45) is 3.75. The van der Waals surface area contributed by atoms with E-state index in [9.17, 15) is 14.7 Å². The summed E-state index contributed by atoms with van der Waals surface area (Å²) < 4.78 is 0. The van der Waals surface area contributed by atoms with Crippen molar-refractivity contribution >= 4 is 11.8 Å². The number of amides is 2. The van der Waals surface area contributed by atoms with Crippen LogP contribution in [0, 0.1) is 12.8 Å². The van der Waals surface area contributed by atoms with Crippen LogP contribution in [-0.4, -0.2) is 52.5 Å². The highest BCUT2D eigenvalue weighted by Crippen LogP contribution is 2.20. The molecule has 2 amide bonds. The van der Waals surface area contributed by atoms with Crippen molar-refractivity contribution in [2.75, 3.05) is 19.7 Å². The zero-order chi connectivity index (χ0) is 18.5. The van der Waals surface area contributed by atoms with E-state index < -0.39 is 0 Å². The van der Waals surface area contributed by atoms with Crippen molar-refractivity contribution in [3.8, 4) is 0 Å². The Balaban J connectivity index is 1.72. The highest BCUT2D eigenvalue weighted by Gasteiger charge is 2.32. The van der Waals surface area contributed by atoms with Crippen LogP contribution in [-0.2, 0) is 0 Å². The highest BCUT2D eigenvalue weighted by molar-refractivity contribution is 5.95. The van der Waals surface area contributed by atoms with E-state index in [1.807, 2.05) is 25.1 Å². The Morgan fingerprint density at radius 1 is 1.27 bits per heavy atom. The van der Waals surface area contributed by atoms with Crippen LogP contribution < -0.4 is 5.32 Å². The number of rotatable bonds is 4. The maximum Gasteiger partial charge on any atom is 0.253 e. The fourth-order valence-electron chi connectivity index (χ4n) is 3.28. The summed E-state index contributed by atoms with van der Waals surface area (Å²) in [5, 5.41) is 12.6. The first kappa shape index (κ1) is 18.1. The third-order valence-corrected chi connectivity index (χ3v) is 4.78. The minimum atomic E-state index is -0.296. The zero-order valence-corrected chi connectivity index (χ0v) is 14.8. The molecule has 6 nitrogen and oxygen atoms in total. The standard InChI is InChI=1S/C20H23N3O3/c1-14-4-2-5-15(10-14)20(26)23-9-7-17(13-24)18(12-23)22-19(25)16-6-3-8-21-11-16/h2-6,8,10-11,17-18,24H,7,9,12-13H2,1H3,(H,22,25)/t17-,18-/m1/s1. The first-order chi connectivity index (χ1) is 12.6. The lowest BCUT2D eigenvalue weighted by molar-refractivity contribution is 0.0541. The number of nitrogens with zero attached hydrogens (tertiary/aromatic N) is 2. The molecule has 2 aromatic rings. The molecule has 0 unspecified atom stereocenters. The second-order valence-electron chi connectivity index (χ2n) is 6.67. The highest BCUT2D eigenvalue weighted by atomic mass is 16.3. The molecule has 0 aliphatic carbocycles. The number of benzene rings is 1. The van der Waals surface area contributed by atoms with Crippen molar-refractivity contribution in [3.05, 3.63) is 65.5 Å². The summed E-state index contributed by atoms with van der Waals surface area (Å²) in [5.41, 5.74) is 2.14. The normalized spacial score (nSPS) is 19.8. The largest absolute Gasteiger partial charge is 0.396 e. The maximum absolute atomic E-state index is 12.8. The van der Waals surface area contributed by atoms with Crippen molar-refractivity contribution in [1.82, 2.24) is 15.2 Å². The molecule has 1 aromatic heterocycles. The van der Waals surface area contributed by atoms with Gasteiger partial charge < -0.3 is 15.3 Å². The number of aliphatic hydroxyl groups excluding tert-OH is 1. The Morgan fingerprint density at radius 3 is 2.77 bits per heavy atom. The monoisotopic (exact) mass is 353 g/mol. The third-order valence-electron chi connectivity index (χ3n) is 4.78. The molecule has 136 valence electrons. The van der Waals surface area contributed by atoms with Gasteiger partial charge in [-0.25, -0.2) is 0 Å². The van der Waals surface area contributed by atoms with E-state index in [1.165, 1.54) is 6.20 Å². The van der Waals surface area contributed by atoms with Crippen LogP contribution in [0.15, 0.2) is 48.8 Å². The summed E-state index contributed by atoms with van der Waals surface area (Å²) in [7, 11) is 0. The van der Waals surface area contributed by atoms with Gasteiger partial charge in [-0.1, -0.05) is 17.7 Å². The van der Waals surface area contributed by atoms with Crippen molar-refractivity contribution < 1.29 is 14.7 Å². The lowest BCUT2D eigenvalue weighted by Crippen LogP contribution is -2.55. The third kappa shape index (κ3) is 4.08. The number of aryl methyl sites for hydroxylation is 1. The molecule has 3 rings (SSSR count). The van der Waals surface area contributed by atoms with Crippen LogP contribution in [0.2, 0.25) is 0 Å². The SMILES string of the molecule is Cc1cccc(C(=O)N2CC[C@H](CO)[C@H](NC(=O)c3cccnc3)C2)c1. The van der Waals surface area contributed by atoms with Crippen molar-refractivity contribution in [2.24, 2.45) is 5.92 Å². The van der Waals surface area contributed by atoms with E-state index in [0.717, 1.165) is 5.56 Å². The number of pyridine rings is 1. The van der Waals surface area contributed by atoms with Gasteiger partial charge in [0.1, 0.15) is 0 Å². The number of carbonyl (C=O) groups excluding carboxylic acids is 2. The van der Waals surface area contributed by atoms with Gasteiger partial charge in [0.25, 0.3) is 11.8 Å². The smallest absolute Gasteiger partial charge is 0.253 e. The Bertz CT molecular complexity index is 779. The van der Waals surface area contributed by atoms with Gasteiger partial charge in [0.2, 0.25) is 0 Å². The predicted molar refractivity (Wildman–Crippen MR) is 97.8 cm³/mol. The maximum atomic E-state index is 12.8. The minimum Gasteiger partial charge on any atom is -0.396 e. The molecule has 6 heteroatoms. The van der Waals surface area contributed by atoms with E-state index in [2.05, 4.69) is 10.3 Å². The predicted octanol–water partition coefficient (Wildman–Crippen LogP) is 1.64. The van der Waals surface area contributed by atoms with E-state index >= 15 is 0 Å². The molecule has 1 aliphatic rings. The molecule has 1 aromatic carbocycles. The number of hydrogen-bond acceptors (Lipinski definition) is 4. The molecular weight excluding hydrogens is 330 g/mol. The number of aliphatic hydroxyl groups is 1. The molecule has 0 radical (unpaired) electrons. The summed E-state index contributed by atoms with van der Waals surface area (Å²) in [6.45, 7) is 2.87. The molecule has 2 heterocycles. The van der Waals surface area contributed by atoms with E-state index in [0.29, 0.717) is 30.6 Å². The van der Waals surface area contributed by atoms with Gasteiger partial charge in [-0.3, -0.25) is 14.6 Å². The molecule has 2 N–H and O–H groups in total. The van der Waals surface area contributed by atoms with Gasteiger partial charge in [-0.15, -0.1) is 0 Å². The first-order valence-electron chi connectivity index (χ1n) is 8.76. The zero-order valence-electron chi connectivity index (χ0n) is 14.8. The summed E-state index contributed by atoms with van der Waals surface area (Å²) in [4.78, 5) is 30.9. The lowest BCUT2D eigenvalue weighted by Gasteiger charge is -2.38. The molecule has 0 saturated carbocycles. The van der Waals surface area contributed by atoms with Crippen molar-refractivity contribution in [2.45, 2.75) is 19.4 Å². The molecule has 1 saturated heterocycles. The topological polar surface area (TPSA) is 82.5 Å². The quantitative estimate of drug-likeness (QED) is 0.875. The average molecular weight is 353 g/mol. The fourth-order valence-corrected chi connectivity index (χ4v) is 3.28. The van der Waals surface area contributed by atoms with Gasteiger partial charge in [-0.2, -0.15) is 0 Å². The molecular formula is C20H23N3O3. The Hall–Kier alpha value is -2.73. The van der Waals surface area contributed by atoms with Gasteiger partial charge in [0.05, 0.1) is 11.6 Å². The number of hydrogen-bond donors (Lipinski definition) is 2. The average Bonchev–Trinajstić information content (AvgIpc) is 2.68. The number of carbonyl (C=O) groups is 2. The van der Waals surface area contributed by atoms with E-state index in [1.54, 1.807) is 29.3 Å². The number of nitrogens with one attached hydrogen (secondary N) is 1. The number of likely N-dealkylation sites (tertiary alicyclic amines) is 1. The Morgan fingerprint density at radius 2 is 2.08 bits per heavy atom. The molecule has 26 heavy (non-hydrogen) atoms. The Kier molecular flexibility index (Phi) is 5.63. The molecule has 1 fully saturated rings. The second kappa shape index (κ2) is 8.10. The van der Waals surface area contributed by atoms with Crippen molar-refractivity contribution in [3.63, 3.8) is 0 Å². The Labute approximate surface area is 152 Å². The summed E-state index contributed by atoms with van der Waals surface area (Å²) >= 11 is 0. The second-order valence-corrected chi connectivity index (χ2v) is 6.67. The van der Waals surface area contributed by atoms with Crippen LogP contribution >= 0.6 is 0 Å². The number of piperidine rings is 1. The lowest BCUT2D eigenvalue weighted by atomic mass is 9.91. The van der Waals surface area contributed by atoms with Crippen LogP contribution in [0.5, 0.6) is 0 Å². The summed E-state index contributed by atoms with van der Waals surface area (Å²) in [6, 6.07) is 10.6. The van der Waals surface area contributed by atoms with Crippen LogP contribution in [0.3, 0.4) is 0 Å². The summed E-state index contributed by atoms with van der Waals surface area (Å²) in [5.74, 6) is -0.366. The molecule has 1 aliphatic heterocycles. The van der Waals surface area contributed by atoms with E-state index in [4.69, 9.17) is 0 Å². The van der Waals surface area contributed by atoms with Gasteiger partial charge in [0.15, 0.2) is 0 Å². The molecule has 0 spiro atoms.